The highest BCUT2D eigenvalue weighted by atomic mass is 79.9. The number of amidine groups is 1. The second-order valence-corrected chi connectivity index (χ2v) is 5.71. The molecule has 1 unspecified atom stereocenters. The molecule has 0 bridgehead atoms. The highest BCUT2D eigenvalue weighted by molar-refractivity contribution is 9.10. The third-order valence-electron chi connectivity index (χ3n) is 3.58. The number of benzene rings is 2. The minimum atomic E-state index is -0.240. The Labute approximate surface area is 132 Å². The molecule has 110 valence electrons. The summed E-state index contributed by atoms with van der Waals surface area (Å²) >= 11 is 3.41. The van der Waals surface area contributed by atoms with Crippen LogP contribution in [0.5, 0.6) is 0 Å². The molecule has 0 amide bonds. The number of nitrogens with two attached hydrogens (primary N) is 1. The highest BCUT2D eigenvalue weighted by Crippen LogP contribution is 2.32. The molecule has 0 aliphatic rings. The fourth-order valence-corrected chi connectivity index (χ4v) is 2.87. The van der Waals surface area contributed by atoms with Gasteiger partial charge < -0.3 is 10.6 Å². The normalized spacial score (nSPS) is 12.0. The quantitative estimate of drug-likeness (QED) is 0.645. The van der Waals surface area contributed by atoms with Crippen molar-refractivity contribution < 1.29 is 4.39 Å². The molecule has 0 aliphatic heterocycles. The predicted octanol–water partition coefficient (Wildman–Crippen LogP) is 4.07. The molecular weight excluding hydrogens is 333 g/mol. The molecule has 0 fully saturated rings. The van der Waals surface area contributed by atoms with Crippen LogP contribution in [0.4, 0.5) is 10.1 Å². The smallest absolute Gasteiger partial charge is 0.128 e. The lowest BCUT2D eigenvalue weighted by molar-refractivity contribution is 0.585. The molecule has 0 heterocycles. The average Bonchev–Trinajstić information content (AvgIpc) is 2.45. The van der Waals surface area contributed by atoms with Crippen LogP contribution in [0.1, 0.15) is 24.1 Å². The standard InChI is InChI=1S/C16H17BrFN3/c1-10(11-6-3-4-8-13(11)18)21(2)14-9-5-7-12(17)15(14)16(19)20/h3-10H,1-2H3,(H3,19,20). The third kappa shape index (κ3) is 3.08. The number of anilines is 1. The van der Waals surface area contributed by atoms with Crippen molar-refractivity contribution in [3.8, 4) is 0 Å². The molecule has 1 atom stereocenters. The van der Waals surface area contributed by atoms with Crippen LogP contribution in [0.25, 0.3) is 0 Å². The number of hydrogen-bond acceptors (Lipinski definition) is 2. The zero-order valence-corrected chi connectivity index (χ0v) is 13.5. The largest absolute Gasteiger partial charge is 0.384 e. The summed E-state index contributed by atoms with van der Waals surface area (Å²) in [6.45, 7) is 1.92. The number of nitrogen functional groups attached to an aromatic ring is 1. The van der Waals surface area contributed by atoms with Gasteiger partial charge in [-0.05, 0) is 41.1 Å². The third-order valence-corrected chi connectivity index (χ3v) is 4.24. The first kappa shape index (κ1) is 15.5. The van der Waals surface area contributed by atoms with Crippen LogP contribution in [0.15, 0.2) is 46.9 Å². The summed E-state index contributed by atoms with van der Waals surface area (Å²) in [6, 6.07) is 12.1. The van der Waals surface area contributed by atoms with E-state index in [1.807, 2.05) is 43.1 Å². The van der Waals surface area contributed by atoms with Crippen LogP contribution < -0.4 is 10.6 Å². The Morgan fingerprint density at radius 3 is 2.52 bits per heavy atom. The van der Waals surface area contributed by atoms with Crippen molar-refractivity contribution in [2.45, 2.75) is 13.0 Å². The predicted molar refractivity (Wildman–Crippen MR) is 88.4 cm³/mol. The molecular formula is C16H17BrFN3. The number of rotatable bonds is 4. The van der Waals surface area contributed by atoms with Crippen LogP contribution in [-0.4, -0.2) is 12.9 Å². The fourth-order valence-electron chi connectivity index (χ4n) is 2.30. The number of nitrogens with zero attached hydrogens (tertiary/aromatic N) is 1. The van der Waals surface area contributed by atoms with Gasteiger partial charge in [-0.1, -0.05) is 24.3 Å². The molecule has 0 spiro atoms. The second-order valence-electron chi connectivity index (χ2n) is 4.86. The summed E-state index contributed by atoms with van der Waals surface area (Å²) < 4.78 is 14.7. The molecule has 3 N–H and O–H groups in total. The summed E-state index contributed by atoms with van der Waals surface area (Å²) in [6.07, 6.45) is 0. The summed E-state index contributed by atoms with van der Waals surface area (Å²) in [5, 5.41) is 7.75. The van der Waals surface area contributed by atoms with E-state index in [1.54, 1.807) is 12.1 Å². The van der Waals surface area contributed by atoms with E-state index in [4.69, 9.17) is 11.1 Å². The minimum Gasteiger partial charge on any atom is -0.384 e. The monoisotopic (exact) mass is 349 g/mol. The zero-order chi connectivity index (χ0) is 15.6. The van der Waals surface area contributed by atoms with Gasteiger partial charge in [-0.3, -0.25) is 5.41 Å². The lowest BCUT2D eigenvalue weighted by atomic mass is 10.0. The fraction of sp³-hybridized carbons (Fsp3) is 0.188. The molecule has 0 saturated carbocycles. The Hall–Kier alpha value is -1.88. The van der Waals surface area contributed by atoms with Gasteiger partial charge in [0.2, 0.25) is 0 Å². The van der Waals surface area contributed by atoms with Gasteiger partial charge >= 0.3 is 0 Å². The van der Waals surface area contributed by atoms with Gasteiger partial charge in [-0.15, -0.1) is 0 Å². The van der Waals surface area contributed by atoms with E-state index >= 15 is 0 Å². The van der Waals surface area contributed by atoms with Crippen LogP contribution in [0, 0.1) is 11.2 Å². The lowest BCUT2D eigenvalue weighted by Crippen LogP contribution is -2.26. The van der Waals surface area contributed by atoms with Gasteiger partial charge in [0.15, 0.2) is 0 Å². The molecule has 0 saturated heterocycles. The van der Waals surface area contributed by atoms with E-state index < -0.39 is 0 Å². The zero-order valence-electron chi connectivity index (χ0n) is 11.9. The summed E-state index contributed by atoms with van der Waals surface area (Å²) in [4.78, 5) is 1.92. The second kappa shape index (κ2) is 6.26. The Balaban J connectivity index is 2.46. The van der Waals surface area contributed by atoms with E-state index in [2.05, 4.69) is 15.9 Å². The maximum atomic E-state index is 14.0. The maximum absolute atomic E-state index is 14.0. The van der Waals surface area contributed by atoms with Crippen molar-refractivity contribution in [3.63, 3.8) is 0 Å². The first-order chi connectivity index (χ1) is 9.93. The Morgan fingerprint density at radius 2 is 1.90 bits per heavy atom. The van der Waals surface area contributed by atoms with Crippen LogP contribution >= 0.6 is 15.9 Å². The molecule has 0 aliphatic carbocycles. The molecule has 0 radical (unpaired) electrons. The maximum Gasteiger partial charge on any atom is 0.128 e. The number of halogens is 2. The van der Waals surface area contributed by atoms with Crippen LogP contribution in [0.3, 0.4) is 0 Å². The molecule has 2 rings (SSSR count). The molecule has 2 aromatic carbocycles. The summed E-state index contributed by atoms with van der Waals surface area (Å²) in [5.41, 5.74) is 7.68. The van der Waals surface area contributed by atoms with Crippen LogP contribution in [0.2, 0.25) is 0 Å². The molecule has 5 heteroatoms. The Bertz CT molecular complexity index is 672. The van der Waals surface area contributed by atoms with Gasteiger partial charge in [0.1, 0.15) is 11.7 Å². The van der Waals surface area contributed by atoms with Gasteiger partial charge in [-0.2, -0.15) is 0 Å². The van der Waals surface area contributed by atoms with E-state index in [1.165, 1.54) is 6.07 Å². The molecule has 0 aromatic heterocycles. The van der Waals surface area contributed by atoms with Crippen molar-refractivity contribution in [1.29, 1.82) is 5.41 Å². The lowest BCUT2D eigenvalue weighted by Gasteiger charge is -2.29. The van der Waals surface area contributed by atoms with E-state index in [0.29, 0.717) is 11.1 Å². The van der Waals surface area contributed by atoms with Crippen molar-refractivity contribution in [3.05, 3.63) is 63.9 Å². The van der Waals surface area contributed by atoms with Gasteiger partial charge in [0.25, 0.3) is 0 Å². The number of nitrogens with one attached hydrogen (secondary N) is 1. The first-order valence-corrected chi connectivity index (χ1v) is 7.33. The van der Waals surface area contributed by atoms with Crippen molar-refractivity contribution >= 4 is 27.5 Å². The molecule has 2 aromatic rings. The van der Waals surface area contributed by atoms with Crippen molar-refractivity contribution in [2.24, 2.45) is 5.73 Å². The molecule has 21 heavy (non-hydrogen) atoms. The van der Waals surface area contributed by atoms with Crippen molar-refractivity contribution in [2.75, 3.05) is 11.9 Å². The Kier molecular flexibility index (Phi) is 4.63. The van der Waals surface area contributed by atoms with Gasteiger partial charge in [0.05, 0.1) is 11.6 Å². The topological polar surface area (TPSA) is 53.1 Å². The highest BCUT2D eigenvalue weighted by Gasteiger charge is 2.20. The van der Waals surface area contributed by atoms with Crippen molar-refractivity contribution in [1.82, 2.24) is 0 Å². The summed E-state index contributed by atoms with van der Waals surface area (Å²) in [5.74, 6) is -0.263. The summed E-state index contributed by atoms with van der Waals surface area (Å²) in [7, 11) is 1.87. The van der Waals surface area contributed by atoms with Crippen LogP contribution in [-0.2, 0) is 0 Å². The first-order valence-electron chi connectivity index (χ1n) is 6.53. The van der Waals surface area contributed by atoms with Gasteiger partial charge in [0, 0.05) is 22.8 Å². The minimum absolute atomic E-state index is 0.0231. The van der Waals surface area contributed by atoms with E-state index in [0.717, 1.165) is 10.2 Å². The number of hydrogen-bond donors (Lipinski definition) is 2. The molecule has 3 nitrogen and oxygen atoms in total. The average molecular weight is 350 g/mol. The van der Waals surface area contributed by atoms with Gasteiger partial charge in [-0.25, -0.2) is 4.39 Å². The van der Waals surface area contributed by atoms with E-state index in [-0.39, 0.29) is 17.7 Å². The van der Waals surface area contributed by atoms with E-state index in [9.17, 15) is 4.39 Å². The SMILES string of the molecule is CC(c1ccccc1F)N(C)c1cccc(Br)c1C(=N)N. The Morgan fingerprint density at radius 1 is 1.24 bits per heavy atom.